The molecule has 2 fully saturated rings. The molecule has 0 aromatic rings. The van der Waals surface area contributed by atoms with Crippen LogP contribution in [0.25, 0.3) is 0 Å². The predicted molar refractivity (Wildman–Crippen MR) is 96.2 cm³/mol. The van der Waals surface area contributed by atoms with Crippen LogP contribution in [-0.2, 0) is 14.8 Å². The average molecular weight is 360 g/mol. The third kappa shape index (κ3) is 5.70. The quantitative estimate of drug-likeness (QED) is 0.696. The summed E-state index contributed by atoms with van der Waals surface area (Å²) >= 11 is 0. The second kappa shape index (κ2) is 9.15. The largest absolute Gasteiger partial charge is 0.356 e. The van der Waals surface area contributed by atoms with E-state index in [1.165, 1.54) is 30.2 Å². The van der Waals surface area contributed by atoms with E-state index < -0.39 is 10.0 Å². The molecule has 0 saturated carbocycles. The standard InChI is InChI=1S/C17H33N3O3S/c1-3-24(22,23)20-13-7-16(8-14-20)17(21)18-9-4-10-19-11-5-15(2)6-12-19/h15-16H,3-14H2,1-2H3,(H,18,21). The van der Waals surface area contributed by atoms with Crippen LogP contribution in [0.1, 0.15) is 46.0 Å². The van der Waals surface area contributed by atoms with Crippen LogP contribution >= 0.6 is 0 Å². The number of nitrogens with one attached hydrogen (secondary N) is 1. The maximum absolute atomic E-state index is 12.2. The summed E-state index contributed by atoms with van der Waals surface area (Å²) in [6, 6.07) is 0. The molecule has 1 N–H and O–H groups in total. The summed E-state index contributed by atoms with van der Waals surface area (Å²) < 4.78 is 25.2. The van der Waals surface area contributed by atoms with Gasteiger partial charge in [-0.25, -0.2) is 12.7 Å². The number of carbonyl (C=O) groups excluding carboxylic acids is 1. The van der Waals surface area contributed by atoms with Crippen LogP contribution in [0.3, 0.4) is 0 Å². The Balaban J connectivity index is 1.60. The lowest BCUT2D eigenvalue weighted by Gasteiger charge is -2.31. The molecule has 0 unspecified atom stereocenters. The van der Waals surface area contributed by atoms with E-state index in [0.717, 1.165) is 25.4 Å². The molecule has 140 valence electrons. The Labute approximate surface area is 147 Å². The molecule has 1 amide bonds. The minimum atomic E-state index is -3.11. The van der Waals surface area contributed by atoms with Crippen molar-refractivity contribution in [1.82, 2.24) is 14.5 Å². The van der Waals surface area contributed by atoms with E-state index in [2.05, 4.69) is 17.1 Å². The van der Waals surface area contributed by atoms with E-state index in [9.17, 15) is 13.2 Å². The molecular formula is C17H33N3O3S. The lowest BCUT2D eigenvalue weighted by molar-refractivity contribution is -0.126. The molecule has 0 radical (unpaired) electrons. The predicted octanol–water partition coefficient (Wildman–Crippen LogP) is 1.29. The van der Waals surface area contributed by atoms with Gasteiger partial charge in [-0.3, -0.25) is 4.79 Å². The van der Waals surface area contributed by atoms with E-state index in [4.69, 9.17) is 0 Å². The molecule has 2 aliphatic rings. The summed E-state index contributed by atoms with van der Waals surface area (Å²) in [7, 11) is -3.11. The zero-order chi connectivity index (χ0) is 17.6. The Morgan fingerprint density at radius 1 is 1.08 bits per heavy atom. The summed E-state index contributed by atoms with van der Waals surface area (Å²) in [4.78, 5) is 14.7. The Hall–Kier alpha value is -0.660. The average Bonchev–Trinajstić information content (AvgIpc) is 2.60. The third-order valence-corrected chi connectivity index (χ3v) is 7.29. The molecule has 2 heterocycles. The van der Waals surface area contributed by atoms with E-state index in [-0.39, 0.29) is 17.6 Å². The second-order valence-electron chi connectivity index (χ2n) is 7.24. The van der Waals surface area contributed by atoms with E-state index in [1.807, 2.05) is 0 Å². The summed E-state index contributed by atoms with van der Waals surface area (Å²) in [5, 5.41) is 3.03. The maximum Gasteiger partial charge on any atom is 0.223 e. The van der Waals surface area contributed by atoms with Gasteiger partial charge < -0.3 is 10.2 Å². The van der Waals surface area contributed by atoms with Gasteiger partial charge in [0.25, 0.3) is 0 Å². The smallest absolute Gasteiger partial charge is 0.223 e. The highest BCUT2D eigenvalue weighted by Crippen LogP contribution is 2.20. The number of sulfonamides is 1. The minimum Gasteiger partial charge on any atom is -0.356 e. The van der Waals surface area contributed by atoms with Crippen molar-refractivity contribution in [2.45, 2.75) is 46.0 Å². The van der Waals surface area contributed by atoms with Crippen molar-refractivity contribution in [3.05, 3.63) is 0 Å². The van der Waals surface area contributed by atoms with Crippen molar-refractivity contribution in [2.75, 3.05) is 45.0 Å². The van der Waals surface area contributed by atoms with Crippen molar-refractivity contribution in [3.63, 3.8) is 0 Å². The van der Waals surface area contributed by atoms with Gasteiger partial charge >= 0.3 is 0 Å². The first-order valence-electron chi connectivity index (χ1n) is 9.40. The van der Waals surface area contributed by atoms with Crippen molar-refractivity contribution < 1.29 is 13.2 Å². The van der Waals surface area contributed by atoms with Crippen LogP contribution in [0.4, 0.5) is 0 Å². The fourth-order valence-corrected chi connectivity index (χ4v) is 4.66. The Morgan fingerprint density at radius 3 is 2.29 bits per heavy atom. The number of nitrogens with zero attached hydrogens (tertiary/aromatic N) is 2. The first-order chi connectivity index (χ1) is 11.4. The Bertz CT molecular complexity index is 493. The molecule has 0 spiro atoms. The molecule has 0 bridgehead atoms. The van der Waals surface area contributed by atoms with Crippen molar-refractivity contribution in [1.29, 1.82) is 0 Å². The fourth-order valence-electron chi connectivity index (χ4n) is 3.52. The molecule has 2 aliphatic heterocycles. The molecule has 2 rings (SSSR count). The highest BCUT2D eigenvalue weighted by Gasteiger charge is 2.29. The molecule has 0 aromatic heterocycles. The van der Waals surface area contributed by atoms with Crippen LogP contribution < -0.4 is 5.32 Å². The van der Waals surface area contributed by atoms with Crippen molar-refractivity contribution in [3.8, 4) is 0 Å². The van der Waals surface area contributed by atoms with Crippen molar-refractivity contribution in [2.24, 2.45) is 11.8 Å². The number of hydrogen-bond acceptors (Lipinski definition) is 4. The van der Waals surface area contributed by atoms with E-state index in [0.29, 0.717) is 25.9 Å². The van der Waals surface area contributed by atoms with E-state index >= 15 is 0 Å². The highest BCUT2D eigenvalue weighted by atomic mass is 32.2. The van der Waals surface area contributed by atoms with Gasteiger partial charge in [0.15, 0.2) is 0 Å². The van der Waals surface area contributed by atoms with Gasteiger partial charge in [0, 0.05) is 25.6 Å². The molecule has 0 aliphatic carbocycles. The number of piperidine rings is 2. The van der Waals surface area contributed by atoms with Crippen LogP contribution in [0.15, 0.2) is 0 Å². The van der Waals surface area contributed by atoms with E-state index in [1.54, 1.807) is 6.92 Å². The summed E-state index contributed by atoms with van der Waals surface area (Å²) in [6.45, 7) is 9.06. The van der Waals surface area contributed by atoms with Crippen LogP contribution in [0, 0.1) is 11.8 Å². The number of rotatable bonds is 7. The summed E-state index contributed by atoms with van der Waals surface area (Å²) in [5.41, 5.74) is 0. The lowest BCUT2D eigenvalue weighted by atomic mass is 9.97. The normalized spacial score (nSPS) is 22.6. The number of hydrogen-bond donors (Lipinski definition) is 1. The van der Waals surface area contributed by atoms with Gasteiger partial charge in [0.05, 0.1) is 5.75 Å². The van der Waals surface area contributed by atoms with Crippen LogP contribution in [0.2, 0.25) is 0 Å². The van der Waals surface area contributed by atoms with Gasteiger partial charge in [-0.15, -0.1) is 0 Å². The number of carbonyl (C=O) groups is 1. The maximum atomic E-state index is 12.2. The zero-order valence-corrected chi connectivity index (χ0v) is 16.0. The molecule has 24 heavy (non-hydrogen) atoms. The lowest BCUT2D eigenvalue weighted by Crippen LogP contribution is -2.44. The SMILES string of the molecule is CCS(=O)(=O)N1CCC(C(=O)NCCCN2CCC(C)CC2)CC1. The number of likely N-dealkylation sites (tertiary alicyclic amines) is 1. The van der Waals surface area contributed by atoms with Gasteiger partial charge in [-0.2, -0.15) is 0 Å². The molecule has 6 nitrogen and oxygen atoms in total. The first-order valence-corrected chi connectivity index (χ1v) is 11.0. The third-order valence-electron chi connectivity index (χ3n) is 5.41. The topological polar surface area (TPSA) is 69.7 Å². The van der Waals surface area contributed by atoms with Gasteiger partial charge in [0.2, 0.25) is 15.9 Å². The molecule has 0 aromatic carbocycles. The molecule has 0 atom stereocenters. The Morgan fingerprint density at radius 2 is 1.71 bits per heavy atom. The fraction of sp³-hybridized carbons (Fsp3) is 0.941. The number of amides is 1. The highest BCUT2D eigenvalue weighted by molar-refractivity contribution is 7.89. The van der Waals surface area contributed by atoms with Gasteiger partial charge in [0.1, 0.15) is 0 Å². The minimum absolute atomic E-state index is 0.0378. The monoisotopic (exact) mass is 359 g/mol. The van der Waals surface area contributed by atoms with Gasteiger partial charge in [-0.05, 0) is 64.6 Å². The second-order valence-corrected chi connectivity index (χ2v) is 9.50. The molecule has 2 saturated heterocycles. The summed E-state index contributed by atoms with van der Waals surface area (Å²) in [5.74, 6) is 1.04. The molecular weight excluding hydrogens is 326 g/mol. The van der Waals surface area contributed by atoms with Gasteiger partial charge in [-0.1, -0.05) is 6.92 Å². The van der Waals surface area contributed by atoms with Crippen LogP contribution in [-0.4, -0.2) is 68.6 Å². The van der Waals surface area contributed by atoms with Crippen molar-refractivity contribution >= 4 is 15.9 Å². The zero-order valence-electron chi connectivity index (χ0n) is 15.2. The Kier molecular flexibility index (Phi) is 7.50. The summed E-state index contributed by atoms with van der Waals surface area (Å²) in [6.07, 6.45) is 4.82. The molecule has 7 heteroatoms. The van der Waals surface area contributed by atoms with Crippen LogP contribution in [0.5, 0.6) is 0 Å². The first kappa shape index (κ1) is 19.7.